The maximum absolute atomic E-state index is 11.2. The lowest BCUT2D eigenvalue weighted by Gasteiger charge is -2.21. The average molecular weight is 356 g/mol. The minimum absolute atomic E-state index is 0.0202. The number of aliphatic hydroxyl groups is 1. The quantitative estimate of drug-likeness (QED) is 0.834. The molecule has 2 aromatic carbocycles. The maximum atomic E-state index is 11.2. The molecule has 1 heterocycles. The lowest BCUT2D eigenvalue weighted by atomic mass is 9.94. The van der Waals surface area contributed by atoms with Crippen molar-refractivity contribution < 1.29 is 24.1 Å². The Kier molecular flexibility index (Phi) is 5.59. The predicted molar refractivity (Wildman–Crippen MR) is 98.1 cm³/mol. The highest BCUT2D eigenvalue weighted by atomic mass is 16.6. The molecule has 0 amide bonds. The van der Waals surface area contributed by atoms with E-state index in [1.807, 2.05) is 50.2 Å². The van der Waals surface area contributed by atoms with Gasteiger partial charge >= 0.3 is 5.97 Å². The first kappa shape index (κ1) is 18.4. The van der Waals surface area contributed by atoms with E-state index in [2.05, 4.69) is 0 Å². The van der Waals surface area contributed by atoms with Crippen LogP contribution in [0.5, 0.6) is 5.75 Å². The SMILES string of the molecule is CC(=O)O[C@H]1COC[C@@H]1Oc1cc(C)c(-c2cccc(CO)c2)c(C)c1. The fraction of sp³-hybridized carbons (Fsp3) is 0.381. The molecule has 2 atom stereocenters. The number of ether oxygens (including phenoxy) is 3. The number of aryl methyl sites for hydroxylation is 2. The van der Waals surface area contributed by atoms with Gasteiger partial charge < -0.3 is 19.3 Å². The van der Waals surface area contributed by atoms with E-state index in [-0.39, 0.29) is 24.8 Å². The van der Waals surface area contributed by atoms with Crippen LogP contribution in [0.3, 0.4) is 0 Å². The highest BCUT2D eigenvalue weighted by Crippen LogP contribution is 2.32. The van der Waals surface area contributed by atoms with Crippen LogP contribution < -0.4 is 4.74 Å². The van der Waals surface area contributed by atoms with E-state index < -0.39 is 0 Å². The van der Waals surface area contributed by atoms with Crippen LogP contribution in [0.4, 0.5) is 0 Å². The van der Waals surface area contributed by atoms with Crippen molar-refractivity contribution in [2.45, 2.75) is 39.6 Å². The average Bonchev–Trinajstić information content (AvgIpc) is 3.00. The molecule has 1 aliphatic rings. The van der Waals surface area contributed by atoms with E-state index >= 15 is 0 Å². The Bertz CT molecular complexity index is 776. The van der Waals surface area contributed by atoms with Crippen LogP contribution in [-0.4, -0.2) is 36.5 Å². The lowest BCUT2D eigenvalue weighted by molar-refractivity contribution is -0.149. The topological polar surface area (TPSA) is 65.0 Å². The molecule has 0 unspecified atom stereocenters. The predicted octanol–water partition coefficient (Wildman–Crippen LogP) is 3.17. The molecule has 0 radical (unpaired) electrons. The maximum Gasteiger partial charge on any atom is 0.303 e. The number of benzene rings is 2. The highest BCUT2D eigenvalue weighted by Gasteiger charge is 2.33. The van der Waals surface area contributed by atoms with Gasteiger partial charge in [-0.25, -0.2) is 0 Å². The molecular weight excluding hydrogens is 332 g/mol. The van der Waals surface area contributed by atoms with Crippen molar-refractivity contribution in [3.8, 4) is 16.9 Å². The Morgan fingerprint density at radius 3 is 2.50 bits per heavy atom. The largest absolute Gasteiger partial charge is 0.484 e. The highest BCUT2D eigenvalue weighted by molar-refractivity contribution is 5.72. The van der Waals surface area contributed by atoms with Crippen LogP contribution in [0.2, 0.25) is 0 Å². The van der Waals surface area contributed by atoms with E-state index in [1.165, 1.54) is 6.92 Å². The second-order valence-corrected chi connectivity index (χ2v) is 6.63. The first-order chi connectivity index (χ1) is 12.5. The smallest absolute Gasteiger partial charge is 0.303 e. The summed E-state index contributed by atoms with van der Waals surface area (Å²) < 4.78 is 16.7. The summed E-state index contributed by atoms with van der Waals surface area (Å²) in [4.78, 5) is 11.2. The Balaban J connectivity index is 1.84. The molecule has 26 heavy (non-hydrogen) atoms. The van der Waals surface area contributed by atoms with Gasteiger partial charge in [0.2, 0.25) is 0 Å². The molecule has 1 saturated heterocycles. The number of aliphatic hydroxyl groups excluding tert-OH is 1. The number of carbonyl (C=O) groups is 1. The summed E-state index contributed by atoms with van der Waals surface area (Å²) in [6, 6.07) is 11.9. The van der Waals surface area contributed by atoms with Gasteiger partial charge in [-0.1, -0.05) is 18.2 Å². The molecule has 0 bridgehead atoms. The minimum Gasteiger partial charge on any atom is -0.484 e. The zero-order valence-electron chi connectivity index (χ0n) is 15.3. The summed E-state index contributed by atoms with van der Waals surface area (Å²) in [5.74, 6) is 0.398. The van der Waals surface area contributed by atoms with Crippen molar-refractivity contribution in [1.29, 1.82) is 0 Å². The van der Waals surface area contributed by atoms with Gasteiger partial charge in [0.05, 0.1) is 19.8 Å². The van der Waals surface area contributed by atoms with E-state index in [0.29, 0.717) is 13.2 Å². The van der Waals surface area contributed by atoms with Crippen LogP contribution in [0.25, 0.3) is 11.1 Å². The summed E-state index contributed by atoms with van der Waals surface area (Å²) in [6.45, 7) is 6.24. The molecule has 0 aliphatic carbocycles. The third-order valence-electron chi connectivity index (χ3n) is 4.49. The van der Waals surface area contributed by atoms with Gasteiger partial charge in [-0.3, -0.25) is 4.79 Å². The minimum atomic E-state index is -0.381. The first-order valence-corrected chi connectivity index (χ1v) is 8.71. The summed E-state index contributed by atoms with van der Waals surface area (Å²) in [6.07, 6.45) is -0.685. The molecule has 138 valence electrons. The number of rotatable bonds is 5. The van der Waals surface area contributed by atoms with Crippen molar-refractivity contribution >= 4 is 5.97 Å². The number of hydrogen-bond acceptors (Lipinski definition) is 5. The van der Waals surface area contributed by atoms with Crippen LogP contribution in [0.15, 0.2) is 36.4 Å². The lowest BCUT2D eigenvalue weighted by Crippen LogP contribution is -2.33. The third kappa shape index (κ3) is 4.06. The van der Waals surface area contributed by atoms with Gasteiger partial charge in [0.15, 0.2) is 12.2 Å². The standard InChI is InChI=1S/C21H24O5/c1-13-7-18(26-20-12-24-11-19(20)25-15(3)23)8-14(2)21(13)17-6-4-5-16(9-17)10-22/h4-9,19-20,22H,10-12H2,1-3H3/t19-,20-/m0/s1. The molecule has 5 nitrogen and oxygen atoms in total. The first-order valence-electron chi connectivity index (χ1n) is 8.71. The Hall–Kier alpha value is -2.37. The Morgan fingerprint density at radius 1 is 1.15 bits per heavy atom. The summed E-state index contributed by atoms with van der Waals surface area (Å²) >= 11 is 0. The summed E-state index contributed by atoms with van der Waals surface area (Å²) in [5, 5.41) is 9.37. The molecule has 0 saturated carbocycles. The van der Waals surface area contributed by atoms with Crippen LogP contribution in [-0.2, 0) is 20.9 Å². The molecule has 0 spiro atoms. The van der Waals surface area contributed by atoms with E-state index in [9.17, 15) is 9.90 Å². The van der Waals surface area contributed by atoms with Crippen molar-refractivity contribution in [2.75, 3.05) is 13.2 Å². The van der Waals surface area contributed by atoms with E-state index in [4.69, 9.17) is 14.2 Å². The number of hydrogen-bond donors (Lipinski definition) is 1. The molecule has 1 N–H and O–H groups in total. The monoisotopic (exact) mass is 356 g/mol. The Labute approximate surface area is 153 Å². The second-order valence-electron chi connectivity index (χ2n) is 6.63. The zero-order valence-corrected chi connectivity index (χ0v) is 15.3. The normalized spacial score (nSPS) is 19.4. The van der Waals surface area contributed by atoms with Crippen molar-refractivity contribution in [3.05, 3.63) is 53.1 Å². The van der Waals surface area contributed by atoms with Crippen LogP contribution in [0, 0.1) is 13.8 Å². The Morgan fingerprint density at radius 2 is 1.85 bits per heavy atom. The van der Waals surface area contributed by atoms with Gasteiger partial charge in [0.25, 0.3) is 0 Å². The number of carbonyl (C=O) groups excluding carboxylic acids is 1. The van der Waals surface area contributed by atoms with Crippen LogP contribution in [0.1, 0.15) is 23.6 Å². The van der Waals surface area contributed by atoms with Crippen LogP contribution >= 0.6 is 0 Å². The third-order valence-corrected chi connectivity index (χ3v) is 4.49. The second kappa shape index (κ2) is 7.89. The summed E-state index contributed by atoms with van der Waals surface area (Å²) in [5.41, 5.74) is 5.25. The molecule has 1 fully saturated rings. The zero-order chi connectivity index (χ0) is 18.7. The number of esters is 1. The molecule has 0 aromatic heterocycles. The summed E-state index contributed by atoms with van der Waals surface area (Å²) in [7, 11) is 0. The fourth-order valence-corrected chi connectivity index (χ4v) is 3.40. The molecule has 1 aliphatic heterocycles. The van der Waals surface area contributed by atoms with E-state index in [1.54, 1.807) is 0 Å². The van der Waals surface area contributed by atoms with Gasteiger partial charge in [-0.15, -0.1) is 0 Å². The van der Waals surface area contributed by atoms with Crippen molar-refractivity contribution in [2.24, 2.45) is 0 Å². The molecule has 5 heteroatoms. The molecular formula is C21H24O5. The molecule has 3 rings (SSSR count). The van der Waals surface area contributed by atoms with Gasteiger partial charge in [-0.05, 0) is 59.9 Å². The fourth-order valence-electron chi connectivity index (χ4n) is 3.40. The van der Waals surface area contributed by atoms with E-state index in [0.717, 1.165) is 33.6 Å². The molecule has 2 aromatic rings. The van der Waals surface area contributed by atoms with Gasteiger partial charge in [-0.2, -0.15) is 0 Å². The van der Waals surface area contributed by atoms with Gasteiger partial charge in [0.1, 0.15) is 5.75 Å². The van der Waals surface area contributed by atoms with Gasteiger partial charge in [0, 0.05) is 6.92 Å². The van der Waals surface area contributed by atoms with Crippen molar-refractivity contribution in [1.82, 2.24) is 0 Å². The van der Waals surface area contributed by atoms with Crippen molar-refractivity contribution in [3.63, 3.8) is 0 Å².